The Morgan fingerprint density at radius 1 is 1.44 bits per heavy atom. The van der Waals surface area contributed by atoms with Crippen molar-refractivity contribution in [1.29, 1.82) is 0 Å². The van der Waals surface area contributed by atoms with Crippen LogP contribution in [0.5, 0.6) is 0 Å². The summed E-state index contributed by atoms with van der Waals surface area (Å²) in [5.74, 6) is 0.118. The summed E-state index contributed by atoms with van der Waals surface area (Å²) < 4.78 is 5.31. The second kappa shape index (κ2) is 6.21. The molecule has 16 heavy (non-hydrogen) atoms. The number of hydrogen-bond acceptors (Lipinski definition) is 3. The molecule has 0 aromatic heterocycles. The van der Waals surface area contributed by atoms with Gasteiger partial charge in [0.05, 0.1) is 12.6 Å². The van der Waals surface area contributed by atoms with Crippen LogP contribution in [0.3, 0.4) is 0 Å². The van der Waals surface area contributed by atoms with Crippen LogP contribution in [0.15, 0.2) is 0 Å². The third-order valence-electron chi connectivity index (χ3n) is 2.53. The standard InChI is InChI=1S/C12H24N2O2/c1-12(2,3)13-7-6-11(15)14-10-5-4-8-16-9-10/h10,13H,4-9H2,1-3H3,(H,14,15). The SMILES string of the molecule is CC(C)(C)NCCC(=O)NC1CCCOC1. The van der Waals surface area contributed by atoms with E-state index < -0.39 is 0 Å². The van der Waals surface area contributed by atoms with Gasteiger partial charge in [-0.15, -0.1) is 0 Å². The number of nitrogens with one attached hydrogen (secondary N) is 2. The lowest BCUT2D eigenvalue weighted by Crippen LogP contribution is -2.43. The van der Waals surface area contributed by atoms with E-state index in [9.17, 15) is 4.79 Å². The molecule has 2 N–H and O–H groups in total. The average Bonchev–Trinajstić information content (AvgIpc) is 2.17. The summed E-state index contributed by atoms with van der Waals surface area (Å²) in [4.78, 5) is 11.6. The largest absolute Gasteiger partial charge is 0.379 e. The molecule has 1 saturated heterocycles. The van der Waals surface area contributed by atoms with Crippen molar-refractivity contribution >= 4 is 5.91 Å². The van der Waals surface area contributed by atoms with Crippen molar-refractivity contribution in [2.45, 2.75) is 51.6 Å². The molecule has 1 heterocycles. The summed E-state index contributed by atoms with van der Waals surface area (Å²) in [5.41, 5.74) is 0.0776. The maximum atomic E-state index is 11.6. The fourth-order valence-electron chi connectivity index (χ4n) is 1.71. The van der Waals surface area contributed by atoms with Gasteiger partial charge in [0.25, 0.3) is 0 Å². The number of carbonyl (C=O) groups excluding carboxylic acids is 1. The van der Waals surface area contributed by atoms with Crippen molar-refractivity contribution in [2.75, 3.05) is 19.8 Å². The Morgan fingerprint density at radius 3 is 2.75 bits per heavy atom. The first-order chi connectivity index (χ1) is 7.47. The molecule has 0 aromatic rings. The summed E-state index contributed by atoms with van der Waals surface area (Å²) in [7, 11) is 0. The van der Waals surface area contributed by atoms with E-state index in [1.54, 1.807) is 0 Å². The Morgan fingerprint density at radius 2 is 2.19 bits per heavy atom. The van der Waals surface area contributed by atoms with Gasteiger partial charge in [0.15, 0.2) is 0 Å². The van der Waals surface area contributed by atoms with Gasteiger partial charge in [-0.05, 0) is 33.6 Å². The van der Waals surface area contributed by atoms with Gasteiger partial charge < -0.3 is 15.4 Å². The molecule has 0 saturated carbocycles. The molecule has 1 amide bonds. The van der Waals surface area contributed by atoms with Crippen LogP contribution in [0.1, 0.15) is 40.0 Å². The van der Waals surface area contributed by atoms with Gasteiger partial charge in [0, 0.05) is 25.1 Å². The van der Waals surface area contributed by atoms with Gasteiger partial charge in [0.1, 0.15) is 0 Å². The van der Waals surface area contributed by atoms with Crippen molar-refractivity contribution in [3.8, 4) is 0 Å². The fraction of sp³-hybridized carbons (Fsp3) is 0.917. The summed E-state index contributed by atoms with van der Waals surface area (Å²) in [6, 6.07) is 0.218. The molecule has 0 aromatic carbocycles. The zero-order valence-corrected chi connectivity index (χ0v) is 10.6. The number of ether oxygens (including phenoxy) is 1. The minimum atomic E-state index is 0.0776. The lowest BCUT2D eigenvalue weighted by atomic mass is 10.1. The Kier molecular flexibility index (Phi) is 5.22. The predicted molar refractivity (Wildman–Crippen MR) is 64.4 cm³/mol. The van der Waals surface area contributed by atoms with E-state index in [0.717, 1.165) is 26.0 Å². The molecular formula is C12H24N2O2. The van der Waals surface area contributed by atoms with Gasteiger partial charge in [-0.25, -0.2) is 0 Å². The number of amides is 1. The second-order valence-corrected chi connectivity index (χ2v) is 5.41. The van der Waals surface area contributed by atoms with Crippen molar-refractivity contribution in [2.24, 2.45) is 0 Å². The zero-order valence-electron chi connectivity index (χ0n) is 10.6. The highest BCUT2D eigenvalue weighted by molar-refractivity contribution is 5.76. The van der Waals surface area contributed by atoms with E-state index in [-0.39, 0.29) is 17.5 Å². The number of carbonyl (C=O) groups is 1. The van der Waals surface area contributed by atoms with Crippen molar-refractivity contribution in [1.82, 2.24) is 10.6 Å². The highest BCUT2D eigenvalue weighted by Crippen LogP contribution is 2.05. The van der Waals surface area contributed by atoms with E-state index in [1.807, 2.05) is 0 Å². The Bertz CT molecular complexity index is 218. The van der Waals surface area contributed by atoms with E-state index >= 15 is 0 Å². The smallest absolute Gasteiger partial charge is 0.221 e. The monoisotopic (exact) mass is 228 g/mol. The predicted octanol–water partition coefficient (Wildman–Crippen LogP) is 1.06. The first-order valence-corrected chi connectivity index (χ1v) is 6.09. The molecule has 1 aliphatic rings. The van der Waals surface area contributed by atoms with Gasteiger partial charge in [-0.3, -0.25) is 4.79 Å². The minimum absolute atomic E-state index is 0.0776. The second-order valence-electron chi connectivity index (χ2n) is 5.41. The number of rotatable bonds is 4. The summed E-state index contributed by atoms with van der Waals surface area (Å²) in [6.45, 7) is 8.51. The molecule has 0 bridgehead atoms. The topological polar surface area (TPSA) is 50.4 Å². The third kappa shape index (κ3) is 6.08. The van der Waals surface area contributed by atoms with E-state index in [4.69, 9.17) is 4.74 Å². The maximum Gasteiger partial charge on any atom is 0.221 e. The van der Waals surface area contributed by atoms with Crippen LogP contribution in [-0.4, -0.2) is 37.2 Å². The van der Waals surface area contributed by atoms with Gasteiger partial charge in [-0.1, -0.05) is 0 Å². The highest BCUT2D eigenvalue weighted by Gasteiger charge is 2.16. The van der Waals surface area contributed by atoms with Crippen LogP contribution in [0.2, 0.25) is 0 Å². The normalized spacial score (nSPS) is 21.8. The Balaban J connectivity index is 2.10. The molecule has 1 fully saturated rings. The molecule has 0 spiro atoms. The molecule has 0 radical (unpaired) electrons. The third-order valence-corrected chi connectivity index (χ3v) is 2.53. The van der Waals surface area contributed by atoms with Gasteiger partial charge in [0.2, 0.25) is 5.91 Å². The van der Waals surface area contributed by atoms with Crippen molar-refractivity contribution in [3.63, 3.8) is 0 Å². The summed E-state index contributed by atoms with van der Waals surface area (Å²) in [5, 5.41) is 6.30. The first-order valence-electron chi connectivity index (χ1n) is 6.09. The molecule has 1 aliphatic heterocycles. The van der Waals surface area contributed by atoms with E-state index in [2.05, 4.69) is 31.4 Å². The Labute approximate surface area is 98.1 Å². The molecule has 94 valence electrons. The molecule has 1 unspecified atom stereocenters. The van der Waals surface area contributed by atoms with Crippen LogP contribution in [0, 0.1) is 0 Å². The van der Waals surface area contributed by atoms with Crippen LogP contribution in [0.4, 0.5) is 0 Å². The van der Waals surface area contributed by atoms with E-state index in [1.165, 1.54) is 0 Å². The van der Waals surface area contributed by atoms with Crippen LogP contribution >= 0.6 is 0 Å². The lowest BCUT2D eigenvalue weighted by molar-refractivity contribution is -0.122. The van der Waals surface area contributed by atoms with Crippen LogP contribution in [0.25, 0.3) is 0 Å². The van der Waals surface area contributed by atoms with E-state index in [0.29, 0.717) is 13.0 Å². The fourth-order valence-corrected chi connectivity index (χ4v) is 1.71. The molecule has 0 aliphatic carbocycles. The quantitative estimate of drug-likeness (QED) is 0.756. The zero-order chi connectivity index (χ0) is 12.0. The molecule has 1 atom stereocenters. The minimum Gasteiger partial charge on any atom is -0.379 e. The Hall–Kier alpha value is -0.610. The highest BCUT2D eigenvalue weighted by atomic mass is 16.5. The first kappa shape index (κ1) is 13.5. The molecule has 1 rings (SSSR count). The molecular weight excluding hydrogens is 204 g/mol. The maximum absolute atomic E-state index is 11.6. The summed E-state index contributed by atoms with van der Waals surface area (Å²) in [6.07, 6.45) is 2.62. The molecule has 4 heteroatoms. The van der Waals surface area contributed by atoms with Gasteiger partial charge in [-0.2, -0.15) is 0 Å². The number of hydrogen-bond donors (Lipinski definition) is 2. The average molecular weight is 228 g/mol. The molecule has 4 nitrogen and oxygen atoms in total. The van der Waals surface area contributed by atoms with Crippen LogP contribution in [-0.2, 0) is 9.53 Å². The van der Waals surface area contributed by atoms with Gasteiger partial charge >= 0.3 is 0 Å². The van der Waals surface area contributed by atoms with Crippen molar-refractivity contribution < 1.29 is 9.53 Å². The summed E-state index contributed by atoms with van der Waals surface area (Å²) >= 11 is 0. The lowest BCUT2D eigenvalue weighted by Gasteiger charge is -2.24. The van der Waals surface area contributed by atoms with Crippen molar-refractivity contribution in [3.05, 3.63) is 0 Å². The van der Waals surface area contributed by atoms with Crippen LogP contribution < -0.4 is 10.6 Å².